The molecule has 2 aromatic heterocycles. The van der Waals surface area contributed by atoms with E-state index in [0.29, 0.717) is 22.2 Å². The predicted octanol–water partition coefficient (Wildman–Crippen LogP) is 2.45. The molecule has 0 radical (unpaired) electrons. The zero-order valence-electron chi connectivity index (χ0n) is 12.7. The summed E-state index contributed by atoms with van der Waals surface area (Å²) in [4.78, 5) is 28.4. The molecule has 0 saturated carbocycles. The topological polar surface area (TPSA) is 84.2 Å². The van der Waals surface area contributed by atoms with Crippen LogP contribution in [0.3, 0.4) is 0 Å². The summed E-state index contributed by atoms with van der Waals surface area (Å²) in [7, 11) is 0. The monoisotopic (exact) mass is 341 g/mol. The molecule has 7 heteroatoms. The van der Waals surface area contributed by atoms with Gasteiger partial charge in [0.05, 0.1) is 19.0 Å². The van der Waals surface area contributed by atoms with Crippen LogP contribution in [0.25, 0.3) is 10.8 Å². The zero-order chi connectivity index (χ0) is 16.8. The normalized spacial score (nSPS) is 10.3. The van der Waals surface area contributed by atoms with Crippen LogP contribution in [-0.2, 0) is 11.3 Å². The van der Waals surface area contributed by atoms with Crippen LogP contribution < -0.4 is 10.6 Å². The van der Waals surface area contributed by atoms with Crippen molar-refractivity contribution in [1.29, 1.82) is 0 Å². The fourth-order valence-electron chi connectivity index (χ4n) is 2.00. The highest BCUT2D eigenvalue weighted by Crippen LogP contribution is 2.25. The Kier molecular flexibility index (Phi) is 5.02. The van der Waals surface area contributed by atoms with Crippen LogP contribution in [0, 0.1) is 0 Å². The van der Waals surface area contributed by atoms with Gasteiger partial charge in [-0.15, -0.1) is 11.3 Å². The fraction of sp³-hybridized carbons (Fsp3) is 0.118. The van der Waals surface area contributed by atoms with Crippen molar-refractivity contribution >= 4 is 23.2 Å². The molecule has 2 N–H and O–H groups in total. The Bertz CT molecular complexity index is 813. The molecule has 122 valence electrons. The van der Waals surface area contributed by atoms with Crippen molar-refractivity contribution in [2.24, 2.45) is 0 Å². The first-order valence-electron chi connectivity index (χ1n) is 7.31. The van der Waals surface area contributed by atoms with Crippen LogP contribution in [0.4, 0.5) is 0 Å². The van der Waals surface area contributed by atoms with Crippen molar-refractivity contribution in [2.45, 2.75) is 6.54 Å². The van der Waals surface area contributed by atoms with E-state index in [2.05, 4.69) is 15.6 Å². The number of rotatable bonds is 6. The molecule has 24 heavy (non-hydrogen) atoms. The molecule has 0 aliphatic rings. The predicted molar refractivity (Wildman–Crippen MR) is 90.4 cm³/mol. The summed E-state index contributed by atoms with van der Waals surface area (Å²) in [5.41, 5.74) is 1.00. The third-order valence-electron chi connectivity index (χ3n) is 3.20. The van der Waals surface area contributed by atoms with Crippen LogP contribution in [0.5, 0.6) is 0 Å². The van der Waals surface area contributed by atoms with Gasteiger partial charge in [0, 0.05) is 6.54 Å². The number of furan rings is 1. The summed E-state index contributed by atoms with van der Waals surface area (Å²) in [5.74, 6) is 0.0304. The molecule has 3 aromatic rings. The van der Waals surface area contributed by atoms with Gasteiger partial charge in [0.1, 0.15) is 4.88 Å². The minimum absolute atomic E-state index is 0.0837. The van der Waals surface area contributed by atoms with E-state index in [1.54, 1.807) is 18.4 Å². The van der Waals surface area contributed by atoms with E-state index in [-0.39, 0.29) is 18.4 Å². The van der Waals surface area contributed by atoms with Crippen molar-refractivity contribution in [3.05, 3.63) is 65.4 Å². The highest BCUT2D eigenvalue weighted by atomic mass is 32.1. The summed E-state index contributed by atoms with van der Waals surface area (Å²) in [6, 6.07) is 13.1. The molecule has 0 aliphatic carbocycles. The van der Waals surface area contributed by atoms with Gasteiger partial charge in [-0.25, -0.2) is 4.98 Å². The molecule has 0 aliphatic heterocycles. The van der Waals surface area contributed by atoms with Crippen molar-refractivity contribution in [2.75, 3.05) is 6.54 Å². The third kappa shape index (κ3) is 4.08. The first-order valence-corrected chi connectivity index (χ1v) is 8.12. The molecule has 2 heterocycles. The number of aromatic nitrogens is 1. The molecule has 0 bridgehead atoms. The highest BCUT2D eigenvalue weighted by molar-refractivity contribution is 7.16. The SMILES string of the molecule is O=C(CNC(=O)c1cnc(-c2ccco2)s1)NCc1ccccc1. The molecular formula is C17H15N3O3S. The summed E-state index contributed by atoms with van der Waals surface area (Å²) in [6.45, 7) is 0.346. The third-order valence-corrected chi connectivity index (χ3v) is 4.21. The van der Waals surface area contributed by atoms with E-state index >= 15 is 0 Å². The first-order chi connectivity index (χ1) is 11.7. The molecule has 6 nitrogen and oxygen atoms in total. The zero-order valence-corrected chi connectivity index (χ0v) is 13.5. The number of hydrogen-bond donors (Lipinski definition) is 2. The van der Waals surface area contributed by atoms with Crippen molar-refractivity contribution < 1.29 is 14.0 Å². The summed E-state index contributed by atoms with van der Waals surface area (Å²) < 4.78 is 5.24. The lowest BCUT2D eigenvalue weighted by molar-refractivity contribution is -0.120. The number of hydrogen-bond acceptors (Lipinski definition) is 5. The van der Waals surface area contributed by atoms with E-state index in [0.717, 1.165) is 5.56 Å². The summed E-state index contributed by atoms with van der Waals surface area (Å²) in [6.07, 6.45) is 3.02. The Morgan fingerprint density at radius 1 is 1.08 bits per heavy atom. The average Bonchev–Trinajstić information content (AvgIpc) is 3.29. The molecule has 0 spiro atoms. The molecule has 0 unspecified atom stereocenters. The lowest BCUT2D eigenvalue weighted by atomic mass is 10.2. The highest BCUT2D eigenvalue weighted by Gasteiger charge is 2.13. The Balaban J connectivity index is 1.47. The maximum Gasteiger partial charge on any atom is 0.263 e. The van der Waals surface area contributed by atoms with E-state index in [4.69, 9.17) is 4.42 Å². The summed E-state index contributed by atoms with van der Waals surface area (Å²) >= 11 is 1.21. The quantitative estimate of drug-likeness (QED) is 0.721. The number of nitrogens with one attached hydrogen (secondary N) is 2. The van der Waals surface area contributed by atoms with Crippen LogP contribution in [0.2, 0.25) is 0 Å². The molecule has 3 rings (SSSR count). The lowest BCUT2D eigenvalue weighted by Crippen LogP contribution is -2.36. The second kappa shape index (κ2) is 7.56. The molecular weight excluding hydrogens is 326 g/mol. The van der Waals surface area contributed by atoms with Crippen molar-refractivity contribution in [3.8, 4) is 10.8 Å². The smallest absolute Gasteiger partial charge is 0.263 e. The van der Waals surface area contributed by atoms with Gasteiger partial charge in [0.15, 0.2) is 10.8 Å². The lowest BCUT2D eigenvalue weighted by Gasteiger charge is -2.06. The molecule has 0 atom stereocenters. The number of carbonyl (C=O) groups excluding carboxylic acids is 2. The Morgan fingerprint density at radius 2 is 1.92 bits per heavy atom. The van der Waals surface area contributed by atoms with Crippen LogP contribution in [-0.4, -0.2) is 23.3 Å². The summed E-state index contributed by atoms with van der Waals surface area (Å²) in [5, 5.41) is 5.96. The maximum atomic E-state index is 12.1. The maximum absolute atomic E-state index is 12.1. The second-order valence-electron chi connectivity index (χ2n) is 4.95. The molecule has 0 saturated heterocycles. The van der Waals surface area contributed by atoms with Gasteiger partial charge < -0.3 is 15.1 Å². The van der Waals surface area contributed by atoms with Gasteiger partial charge >= 0.3 is 0 Å². The molecule has 0 fully saturated rings. The second-order valence-corrected chi connectivity index (χ2v) is 5.98. The Labute approximate surface area is 142 Å². The van der Waals surface area contributed by atoms with E-state index in [9.17, 15) is 9.59 Å². The van der Waals surface area contributed by atoms with Crippen LogP contribution >= 0.6 is 11.3 Å². The van der Waals surface area contributed by atoms with Gasteiger partial charge in [-0.2, -0.15) is 0 Å². The van der Waals surface area contributed by atoms with E-state index in [1.807, 2.05) is 30.3 Å². The minimum atomic E-state index is -0.333. The fourth-order valence-corrected chi connectivity index (χ4v) is 2.80. The average molecular weight is 341 g/mol. The van der Waals surface area contributed by atoms with E-state index in [1.165, 1.54) is 17.5 Å². The standard InChI is InChI=1S/C17H15N3O3S/c21-15(18-9-12-5-2-1-3-6-12)11-19-16(22)14-10-20-17(24-14)13-7-4-8-23-13/h1-8,10H,9,11H2,(H,18,21)(H,19,22). The molecule has 2 amide bonds. The van der Waals surface area contributed by atoms with Gasteiger partial charge in [-0.05, 0) is 17.7 Å². The Morgan fingerprint density at radius 3 is 2.67 bits per heavy atom. The van der Waals surface area contributed by atoms with Crippen LogP contribution in [0.1, 0.15) is 15.2 Å². The van der Waals surface area contributed by atoms with Crippen molar-refractivity contribution in [1.82, 2.24) is 15.6 Å². The van der Waals surface area contributed by atoms with Gasteiger partial charge in [-0.1, -0.05) is 30.3 Å². The number of amides is 2. The number of carbonyl (C=O) groups is 2. The number of nitrogens with zero attached hydrogens (tertiary/aromatic N) is 1. The van der Waals surface area contributed by atoms with Crippen LogP contribution in [0.15, 0.2) is 59.3 Å². The van der Waals surface area contributed by atoms with Gasteiger partial charge in [0.2, 0.25) is 5.91 Å². The number of benzene rings is 1. The Hall–Kier alpha value is -2.93. The van der Waals surface area contributed by atoms with Gasteiger partial charge in [-0.3, -0.25) is 9.59 Å². The van der Waals surface area contributed by atoms with Gasteiger partial charge in [0.25, 0.3) is 5.91 Å². The molecule has 1 aromatic carbocycles. The minimum Gasteiger partial charge on any atom is -0.462 e. The largest absolute Gasteiger partial charge is 0.462 e. The van der Waals surface area contributed by atoms with Crippen molar-refractivity contribution in [3.63, 3.8) is 0 Å². The number of thiazole rings is 1. The first kappa shape index (κ1) is 15.9. The van der Waals surface area contributed by atoms with E-state index < -0.39 is 0 Å².